The largest absolute Gasteiger partial charge is 0.379 e. The Labute approximate surface area is 461 Å². The van der Waals surface area contributed by atoms with E-state index in [1.165, 1.54) is 22.1 Å². The molecule has 3 aliphatic rings. The zero-order chi connectivity index (χ0) is 56.9. The number of ether oxygens (including phenoxy) is 2. The van der Waals surface area contributed by atoms with E-state index in [1.807, 2.05) is 83.8 Å². The summed E-state index contributed by atoms with van der Waals surface area (Å²) < 4.78 is 12.3. The highest BCUT2D eigenvalue weighted by atomic mass is 16.7. The van der Waals surface area contributed by atoms with Gasteiger partial charge in [0.05, 0.1) is 49.3 Å². The van der Waals surface area contributed by atoms with Crippen LogP contribution < -0.4 is 0 Å². The molecule has 0 bridgehead atoms. The van der Waals surface area contributed by atoms with Crippen molar-refractivity contribution in [2.45, 2.75) is 194 Å². The summed E-state index contributed by atoms with van der Waals surface area (Å²) in [6.07, 6.45) is 11.0. The highest BCUT2D eigenvalue weighted by Gasteiger charge is 2.44. The van der Waals surface area contributed by atoms with Crippen molar-refractivity contribution in [3.63, 3.8) is 0 Å². The number of Topliss-reactive ketones (excluding diaryl/α,β-unsaturated/α-hetero) is 3. The Morgan fingerprint density at radius 2 is 1.36 bits per heavy atom. The first-order valence-electron chi connectivity index (χ1n) is 29.1. The number of rotatable bonds is 35. The van der Waals surface area contributed by atoms with Crippen molar-refractivity contribution in [3.05, 3.63) is 48.0 Å². The number of hydrogen-bond donors (Lipinski definition) is 0. The molecule has 2 fully saturated rings. The minimum atomic E-state index is -0.654. The molecule has 0 aliphatic carbocycles. The number of imide groups is 1. The number of hydrogen-bond acceptors (Lipinski definition) is 12. The number of hydroxylamine groups is 2. The van der Waals surface area contributed by atoms with Gasteiger partial charge >= 0.3 is 0 Å². The van der Waals surface area contributed by atoms with Gasteiger partial charge in [0.15, 0.2) is 5.78 Å². The predicted octanol–water partition coefficient (Wildman–Crippen LogP) is 8.64. The lowest BCUT2D eigenvalue weighted by Crippen LogP contribution is -2.54. The number of carbonyl (C=O) groups excluding carboxylic acids is 8. The average molecular weight is 1080 g/mol. The first kappa shape index (κ1) is 64.9. The number of unbranched alkanes of at least 4 members (excludes halogenated alkanes) is 4. The SMILES string of the molecule is CC[C@H](C)[C@@H]([C@@H](CC(=O)N1CCC[C@H]1[C@H](OC)[C@@H](C)C(=O)C[C@H](C(=O)N1CCCCO1)[C@@H](C)c1ccccc1)OC)N(C)C(=O)[C@@H](CC(=O)[C@H](C(C)C)N(C)CCCCCCCC(=O)CCCN1C(=O)C=CC1=O)C(C)C. The zero-order valence-electron chi connectivity index (χ0n) is 49.0. The molecule has 4 rings (SSSR count). The quantitative estimate of drug-likeness (QED) is 0.0467. The molecule has 1 aromatic rings. The number of likely N-dealkylation sites (tertiary alicyclic amines) is 1. The van der Waals surface area contributed by atoms with E-state index in [2.05, 4.69) is 18.7 Å². The van der Waals surface area contributed by atoms with E-state index in [0.717, 1.165) is 69.9 Å². The van der Waals surface area contributed by atoms with Gasteiger partial charge in [-0.1, -0.05) is 111 Å². The van der Waals surface area contributed by atoms with Crippen LogP contribution in [-0.4, -0.2) is 163 Å². The van der Waals surface area contributed by atoms with Gasteiger partial charge in [0.2, 0.25) is 17.7 Å². The van der Waals surface area contributed by atoms with Crippen LogP contribution >= 0.6 is 0 Å². The predicted molar refractivity (Wildman–Crippen MR) is 298 cm³/mol. The van der Waals surface area contributed by atoms with E-state index in [-0.39, 0.29) is 108 Å². The van der Waals surface area contributed by atoms with Crippen molar-refractivity contribution in [2.24, 2.45) is 35.5 Å². The Bertz CT molecular complexity index is 2090. The first-order valence-corrected chi connectivity index (χ1v) is 29.1. The lowest BCUT2D eigenvalue weighted by Gasteiger charge is -2.41. The third-order valence-corrected chi connectivity index (χ3v) is 17.0. The van der Waals surface area contributed by atoms with Gasteiger partial charge in [0, 0.05) is 90.6 Å². The van der Waals surface area contributed by atoms with Crippen molar-refractivity contribution < 1.29 is 52.7 Å². The molecule has 16 heteroatoms. The molecule has 2 saturated heterocycles. The van der Waals surface area contributed by atoms with E-state index in [4.69, 9.17) is 14.3 Å². The second-order valence-electron chi connectivity index (χ2n) is 23.1. The number of carbonyl (C=O) groups is 8. The standard InChI is InChI=1S/C61H97N5O11/c1-13-43(6)58(63(10)60(73)48(41(2)3)38-52(69)57(42(4)5)62(9)33-21-16-14-15-20-28-47(67)29-24-35-65-54(70)31-32-55(65)71)53(75-11)40-56(72)64-34-25-30-50(64)59(76-12)45(8)51(68)39-49(44(7)46-26-18-17-19-27-46)61(74)66-36-22-23-37-77-66/h17-19,26-27,31-32,41-45,48-50,53,57-59H,13-16,20-25,28-30,33-40H2,1-12H3/t43-,44-,45-,48-,49-,50-,53+,57-,58-,59+/m0/s1. The van der Waals surface area contributed by atoms with Gasteiger partial charge in [0.1, 0.15) is 11.6 Å². The number of nitrogens with zero attached hydrogens (tertiary/aromatic N) is 5. The van der Waals surface area contributed by atoms with Crippen LogP contribution in [0.3, 0.4) is 0 Å². The van der Waals surface area contributed by atoms with Crippen LogP contribution in [0.4, 0.5) is 0 Å². The lowest BCUT2D eigenvalue weighted by molar-refractivity contribution is -0.202. The van der Waals surface area contributed by atoms with Crippen molar-refractivity contribution in [2.75, 3.05) is 61.1 Å². The molecular formula is C61H97N5O11. The second-order valence-corrected chi connectivity index (χ2v) is 23.1. The van der Waals surface area contributed by atoms with Crippen LogP contribution in [0.5, 0.6) is 0 Å². The fourth-order valence-electron chi connectivity index (χ4n) is 12.1. The Balaban J connectivity index is 1.36. The summed E-state index contributed by atoms with van der Waals surface area (Å²) in [6, 6.07) is 8.54. The molecule has 3 aliphatic heterocycles. The maximum absolute atomic E-state index is 14.8. The summed E-state index contributed by atoms with van der Waals surface area (Å²) in [7, 11) is 6.91. The number of benzene rings is 1. The van der Waals surface area contributed by atoms with Crippen LogP contribution in [0.25, 0.3) is 0 Å². The highest BCUT2D eigenvalue weighted by molar-refractivity contribution is 6.12. The molecule has 0 spiro atoms. The van der Waals surface area contributed by atoms with Crippen LogP contribution in [0.2, 0.25) is 0 Å². The summed E-state index contributed by atoms with van der Waals surface area (Å²) >= 11 is 0. The summed E-state index contributed by atoms with van der Waals surface area (Å²) in [5.74, 6) is -3.35. The molecule has 3 heterocycles. The molecule has 16 nitrogen and oxygen atoms in total. The highest BCUT2D eigenvalue weighted by Crippen LogP contribution is 2.35. The van der Waals surface area contributed by atoms with Crippen LogP contribution in [0, 0.1) is 35.5 Å². The maximum Gasteiger partial charge on any atom is 0.253 e. The summed E-state index contributed by atoms with van der Waals surface area (Å²) in [6.45, 7) is 18.4. The van der Waals surface area contributed by atoms with E-state index < -0.39 is 36.0 Å². The smallest absolute Gasteiger partial charge is 0.253 e. The Morgan fingerprint density at radius 1 is 0.727 bits per heavy atom. The van der Waals surface area contributed by atoms with E-state index in [9.17, 15) is 38.4 Å². The fraction of sp³-hybridized carbons (Fsp3) is 0.738. The third-order valence-electron chi connectivity index (χ3n) is 17.0. The molecule has 1 aromatic carbocycles. The Hall–Kier alpha value is -4.64. The first-order chi connectivity index (χ1) is 36.7. The van der Waals surface area contributed by atoms with Gasteiger partial charge in [-0.15, -0.1) is 0 Å². The number of ketones is 3. The summed E-state index contributed by atoms with van der Waals surface area (Å²) in [5, 5.41) is 1.44. The molecule has 0 saturated carbocycles. The second kappa shape index (κ2) is 32.4. The molecule has 0 N–H and O–H groups in total. The van der Waals surface area contributed by atoms with Gasteiger partial charge in [-0.05, 0) is 87.8 Å². The zero-order valence-corrected chi connectivity index (χ0v) is 49.0. The van der Waals surface area contributed by atoms with Crippen molar-refractivity contribution >= 4 is 46.9 Å². The summed E-state index contributed by atoms with van der Waals surface area (Å²) in [4.78, 5) is 121. The summed E-state index contributed by atoms with van der Waals surface area (Å²) in [5.41, 5.74) is 0.966. The van der Waals surface area contributed by atoms with Gasteiger partial charge in [-0.2, -0.15) is 0 Å². The van der Waals surface area contributed by atoms with E-state index >= 15 is 0 Å². The van der Waals surface area contributed by atoms with Crippen molar-refractivity contribution in [1.29, 1.82) is 0 Å². The van der Waals surface area contributed by atoms with Crippen LogP contribution in [0.1, 0.15) is 170 Å². The monoisotopic (exact) mass is 1080 g/mol. The molecule has 0 radical (unpaired) electrons. The number of amides is 5. The molecule has 432 valence electrons. The molecule has 5 amide bonds. The minimum absolute atomic E-state index is 0.00289. The third kappa shape index (κ3) is 18.5. The van der Waals surface area contributed by atoms with Crippen LogP contribution in [0.15, 0.2) is 42.5 Å². The van der Waals surface area contributed by atoms with Crippen LogP contribution in [-0.2, 0) is 52.7 Å². The van der Waals surface area contributed by atoms with Gasteiger partial charge < -0.3 is 19.3 Å². The Morgan fingerprint density at radius 3 is 1.96 bits per heavy atom. The van der Waals surface area contributed by atoms with Gasteiger partial charge in [-0.25, -0.2) is 5.06 Å². The van der Waals surface area contributed by atoms with Gasteiger partial charge in [-0.3, -0.25) is 53.0 Å². The molecule has 10 atom stereocenters. The normalized spacial score (nSPS) is 19.6. The topological polar surface area (TPSA) is 180 Å². The average Bonchev–Trinajstić information content (AvgIpc) is 4.05. The number of methoxy groups -OCH3 is 2. The Kier molecular flexibility index (Phi) is 27.3. The van der Waals surface area contributed by atoms with Crippen molar-refractivity contribution in [3.8, 4) is 0 Å². The fourth-order valence-corrected chi connectivity index (χ4v) is 12.1. The lowest BCUT2D eigenvalue weighted by atomic mass is 9.80. The van der Waals surface area contributed by atoms with Gasteiger partial charge in [0.25, 0.3) is 11.8 Å². The maximum atomic E-state index is 14.8. The minimum Gasteiger partial charge on any atom is -0.379 e. The van der Waals surface area contributed by atoms with E-state index in [0.29, 0.717) is 45.4 Å². The van der Waals surface area contributed by atoms with Crippen molar-refractivity contribution in [1.82, 2.24) is 24.7 Å². The van der Waals surface area contributed by atoms with E-state index in [1.54, 1.807) is 26.2 Å². The number of likely N-dealkylation sites (N-methyl/N-ethyl adjacent to an activating group) is 2. The molecular weight excluding hydrogens is 979 g/mol. The molecule has 0 unspecified atom stereocenters. The molecule has 0 aromatic heterocycles. The molecule has 77 heavy (non-hydrogen) atoms.